The minimum Gasteiger partial charge on any atom is -0.469 e. The van der Waals surface area contributed by atoms with Crippen molar-refractivity contribution in [2.75, 3.05) is 19.0 Å². The summed E-state index contributed by atoms with van der Waals surface area (Å²) in [4.78, 5) is 22.7. The second-order valence-corrected chi connectivity index (χ2v) is 3.91. The molecule has 0 radical (unpaired) electrons. The van der Waals surface area contributed by atoms with E-state index in [-0.39, 0.29) is 18.5 Å². The summed E-state index contributed by atoms with van der Waals surface area (Å²) in [7, 11) is 1.27. The number of ether oxygens (including phenoxy) is 1. The Kier molecular flexibility index (Phi) is 6.41. The van der Waals surface area contributed by atoms with Crippen molar-refractivity contribution in [3.63, 3.8) is 0 Å². The number of nitriles is 1. The minimum absolute atomic E-state index is 0.116. The van der Waals surface area contributed by atoms with Crippen LogP contribution in [0.3, 0.4) is 0 Å². The highest BCUT2D eigenvalue weighted by Crippen LogP contribution is 2.09. The zero-order valence-corrected chi connectivity index (χ0v) is 11.4. The zero-order chi connectivity index (χ0) is 15.7. The third-order valence-electron chi connectivity index (χ3n) is 2.41. The van der Waals surface area contributed by atoms with Gasteiger partial charge in [0, 0.05) is 18.4 Å². The summed E-state index contributed by atoms with van der Waals surface area (Å²) in [5.41, 5.74) is 0.210. The first kappa shape index (κ1) is 16.2. The summed E-state index contributed by atoms with van der Waals surface area (Å²) in [5, 5.41) is 14.0. The number of esters is 1. The maximum atomic E-state index is 12.7. The van der Waals surface area contributed by atoms with Crippen LogP contribution < -0.4 is 10.6 Å². The van der Waals surface area contributed by atoms with Gasteiger partial charge in [0.2, 0.25) is 0 Å². The molecule has 0 saturated heterocycles. The maximum absolute atomic E-state index is 12.7. The maximum Gasteiger partial charge on any atom is 0.307 e. The van der Waals surface area contributed by atoms with Crippen LogP contribution in [0.5, 0.6) is 0 Å². The second kappa shape index (κ2) is 8.32. The first-order valence-corrected chi connectivity index (χ1v) is 6.04. The molecule has 1 amide bonds. The van der Waals surface area contributed by atoms with E-state index in [0.717, 1.165) is 0 Å². The summed E-state index contributed by atoms with van der Waals surface area (Å²) in [6, 6.07) is 6.88. The predicted octanol–water partition coefficient (Wildman–Crippen LogP) is 1.32. The fraction of sp³-hybridized carbons (Fsp3) is 0.214. The first-order valence-electron chi connectivity index (χ1n) is 6.04. The highest BCUT2D eigenvalue weighted by Gasteiger charge is 2.09. The largest absolute Gasteiger partial charge is 0.469 e. The molecule has 0 aliphatic heterocycles. The number of rotatable bonds is 6. The Labute approximate surface area is 121 Å². The molecule has 1 rings (SSSR count). The van der Waals surface area contributed by atoms with Crippen LogP contribution in [0.1, 0.15) is 6.42 Å². The lowest BCUT2D eigenvalue weighted by molar-refractivity contribution is -0.140. The molecular formula is C14H14FN3O3. The molecule has 0 aromatic heterocycles. The number of anilines is 1. The molecule has 21 heavy (non-hydrogen) atoms. The molecule has 0 saturated carbocycles. The van der Waals surface area contributed by atoms with Crippen molar-refractivity contribution in [1.82, 2.24) is 5.32 Å². The number of carbonyl (C=O) groups is 2. The fourth-order valence-electron chi connectivity index (χ4n) is 1.33. The van der Waals surface area contributed by atoms with E-state index in [1.54, 1.807) is 6.07 Å². The number of benzene rings is 1. The van der Waals surface area contributed by atoms with Gasteiger partial charge in [-0.25, -0.2) is 4.39 Å². The molecule has 0 fully saturated rings. The van der Waals surface area contributed by atoms with Gasteiger partial charge < -0.3 is 15.4 Å². The van der Waals surface area contributed by atoms with Gasteiger partial charge in [-0.1, -0.05) is 0 Å². The monoisotopic (exact) mass is 291 g/mol. The van der Waals surface area contributed by atoms with Crippen LogP contribution in [0.4, 0.5) is 10.1 Å². The third kappa shape index (κ3) is 5.74. The molecule has 0 aliphatic carbocycles. The number of hydrogen-bond acceptors (Lipinski definition) is 5. The van der Waals surface area contributed by atoms with Crippen molar-refractivity contribution in [3.8, 4) is 6.07 Å². The average Bonchev–Trinajstić information content (AvgIpc) is 2.49. The van der Waals surface area contributed by atoms with E-state index in [1.165, 1.54) is 37.6 Å². The van der Waals surface area contributed by atoms with Crippen molar-refractivity contribution in [3.05, 3.63) is 41.9 Å². The lowest BCUT2D eigenvalue weighted by atomic mass is 10.2. The van der Waals surface area contributed by atoms with Gasteiger partial charge >= 0.3 is 5.97 Å². The lowest BCUT2D eigenvalue weighted by Crippen LogP contribution is -2.18. The summed E-state index contributed by atoms with van der Waals surface area (Å²) in [6.45, 7) is 0.238. The van der Waals surface area contributed by atoms with E-state index in [2.05, 4.69) is 15.4 Å². The molecule has 1 aromatic rings. The average molecular weight is 291 g/mol. The number of hydrogen-bond donors (Lipinski definition) is 2. The normalized spacial score (nSPS) is 10.4. The third-order valence-corrected chi connectivity index (χ3v) is 2.41. The Morgan fingerprint density at radius 2 is 2.05 bits per heavy atom. The number of carbonyl (C=O) groups excluding carboxylic acids is 2. The smallest absolute Gasteiger partial charge is 0.307 e. The van der Waals surface area contributed by atoms with Crippen LogP contribution in [-0.4, -0.2) is 25.5 Å². The van der Waals surface area contributed by atoms with E-state index in [0.29, 0.717) is 5.69 Å². The number of amides is 1. The molecule has 0 atom stereocenters. The molecular weight excluding hydrogens is 277 g/mol. The van der Waals surface area contributed by atoms with E-state index in [9.17, 15) is 14.0 Å². The standard InChI is InChI=1S/C14H14FN3O3/c1-21-13(19)6-7-17-9-10(8-16)14(20)18-12-4-2-11(15)3-5-12/h2-5,9,17H,6-7H2,1H3,(H,18,20)/b10-9-. The Morgan fingerprint density at radius 3 is 2.62 bits per heavy atom. The van der Waals surface area contributed by atoms with E-state index in [1.807, 2.05) is 0 Å². The van der Waals surface area contributed by atoms with Gasteiger partial charge in [-0.2, -0.15) is 5.26 Å². The van der Waals surface area contributed by atoms with Gasteiger partial charge in [-0.05, 0) is 24.3 Å². The van der Waals surface area contributed by atoms with Gasteiger partial charge in [-0.3, -0.25) is 9.59 Å². The highest BCUT2D eigenvalue weighted by molar-refractivity contribution is 6.06. The zero-order valence-electron chi connectivity index (χ0n) is 11.4. The molecule has 0 unspecified atom stereocenters. The number of methoxy groups -OCH3 is 1. The van der Waals surface area contributed by atoms with Gasteiger partial charge in [0.25, 0.3) is 5.91 Å². The van der Waals surface area contributed by atoms with Crippen molar-refractivity contribution in [2.45, 2.75) is 6.42 Å². The molecule has 0 bridgehead atoms. The predicted molar refractivity (Wildman–Crippen MR) is 73.4 cm³/mol. The van der Waals surface area contributed by atoms with Crippen LogP contribution in [0.25, 0.3) is 0 Å². The molecule has 6 nitrogen and oxygen atoms in total. The minimum atomic E-state index is -0.630. The lowest BCUT2D eigenvalue weighted by Gasteiger charge is -2.05. The van der Waals surface area contributed by atoms with Gasteiger partial charge in [0.15, 0.2) is 0 Å². The first-order chi connectivity index (χ1) is 10.1. The van der Waals surface area contributed by atoms with E-state index < -0.39 is 17.7 Å². The summed E-state index contributed by atoms with van der Waals surface area (Å²) < 4.78 is 17.2. The van der Waals surface area contributed by atoms with Gasteiger partial charge in [0.05, 0.1) is 13.5 Å². The van der Waals surface area contributed by atoms with Crippen LogP contribution >= 0.6 is 0 Å². The SMILES string of the molecule is COC(=O)CCN/C=C(/C#N)C(=O)Nc1ccc(F)cc1. The Balaban J connectivity index is 2.54. The van der Waals surface area contributed by atoms with Crippen molar-refractivity contribution in [2.24, 2.45) is 0 Å². The Morgan fingerprint density at radius 1 is 1.38 bits per heavy atom. The van der Waals surface area contributed by atoms with Gasteiger partial charge in [-0.15, -0.1) is 0 Å². The number of halogens is 1. The van der Waals surface area contributed by atoms with Crippen LogP contribution in [0.2, 0.25) is 0 Å². The molecule has 0 spiro atoms. The molecule has 0 heterocycles. The van der Waals surface area contributed by atoms with E-state index >= 15 is 0 Å². The molecule has 110 valence electrons. The summed E-state index contributed by atoms with van der Waals surface area (Å²) >= 11 is 0. The van der Waals surface area contributed by atoms with Crippen molar-refractivity contribution >= 4 is 17.6 Å². The Hall–Kier alpha value is -2.88. The van der Waals surface area contributed by atoms with Crippen LogP contribution in [-0.2, 0) is 14.3 Å². The van der Waals surface area contributed by atoms with Crippen molar-refractivity contribution < 1.29 is 18.7 Å². The second-order valence-electron chi connectivity index (χ2n) is 3.91. The van der Waals surface area contributed by atoms with Crippen LogP contribution in [0.15, 0.2) is 36.0 Å². The van der Waals surface area contributed by atoms with Crippen molar-refractivity contribution in [1.29, 1.82) is 5.26 Å². The molecule has 7 heteroatoms. The van der Waals surface area contributed by atoms with Gasteiger partial charge in [0.1, 0.15) is 17.5 Å². The fourth-order valence-corrected chi connectivity index (χ4v) is 1.33. The van der Waals surface area contributed by atoms with Crippen LogP contribution in [0, 0.1) is 17.1 Å². The quantitative estimate of drug-likeness (QED) is 0.357. The van der Waals surface area contributed by atoms with E-state index in [4.69, 9.17) is 5.26 Å². The summed E-state index contributed by atoms with van der Waals surface area (Å²) in [6.07, 6.45) is 1.33. The Bertz CT molecular complexity index is 576. The molecule has 2 N–H and O–H groups in total. The molecule has 0 aliphatic rings. The molecule has 1 aromatic carbocycles. The highest BCUT2D eigenvalue weighted by atomic mass is 19.1. The topological polar surface area (TPSA) is 91.2 Å². The summed E-state index contributed by atoms with van der Waals surface area (Å²) in [5.74, 6) is -1.45. The number of nitrogens with one attached hydrogen (secondary N) is 2. The number of nitrogens with zero attached hydrogens (tertiary/aromatic N) is 1.